The van der Waals surface area contributed by atoms with Gasteiger partial charge >= 0.3 is 0 Å². The molecule has 0 spiro atoms. The molecule has 3 nitrogen and oxygen atoms in total. The van der Waals surface area contributed by atoms with Gasteiger partial charge in [-0.05, 0) is 40.0 Å². The fourth-order valence-corrected chi connectivity index (χ4v) is 1.65. The number of carbonyl (C=O) groups is 1. The first-order valence-electron chi connectivity index (χ1n) is 5.04. The molecule has 76 valence electrons. The SMILES string of the molecule is CN(C)CCN1CCC(C=O)CC1. The van der Waals surface area contributed by atoms with Crippen LogP contribution in [0.3, 0.4) is 0 Å². The maximum Gasteiger partial charge on any atom is 0.123 e. The normalized spacial score (nSPS) is 20.8. The number of likely N-dealkylation sites (N-methyl/N-ethyl adjacent to an activating group) is 1. The molecule has 1 fully saturated rings. The van der Waals surface area contributed by atoms with E-state index in [4.69, 9.17) is 0 Å². The Balaban J connectivity index is 2.14. The van der Waals surface area contributed by atoms with Gasteiger partial charge in [0.05, 0.1) is 0 Å². The van der Waals surface area contributed by atoms with Crippen molar-refractivity contribution < 1.29 is 4.79 Å². The van der Waals surface area contributed by atoms with Crippen molar-refractivity contribution in [3.8, 4) is 0 Å². The van der Waals surface area contributed by atoms with Crippen LogP contribution in [0.1, 0.15) is 12.8 Å². The molecular formula is C10H20N2O. The van der Waals surface area contributed by atoms with E-state index in [1.54, 1.807) is 0 Å². The number of hydrogen-bond acceptors (Lipinski definition) is 3. The second-order valence-electron chi connectivity index (χ2n) is 4.12. The third-order valence-corrected chi connectivity index (χ3v) is 2.69. The fourth-order valence-electron chi connectivity index (χ4n) is 1.65. The summed E-state index contributed by atoms with van der Waals surface area (Å²) < 4.78 is 0. The molecule has 1 aliphatic rings. The number of rotatable bonds is 4. The van der Waals surface area contributed by atoms with Crippen LogP contribution in [0.25, 0.3) is 0 Å². The van der Waals surface area contributed by atoms with Crippen LogP contribution >= 0.6 is 0 Å². The highest BCUT2D eigenvalue weighted by molar-refractivity contribution is 5.53. The van der Waals surface area contributed by atoms with Gasteiger partial charge < -0.3 is 14.6 Å². The summed E-state index contributed by atoms with van der Waals surface area (Å²) >= 11 is 0. The molecule has 0 radical (unpaired) electrons. The van der Waals surface area contributed by atoms with E-state index < -0.39 is 0 Å². The van der Waals surface area contributed by atoms with E-state index >= 15 is 0 Å². The number of likely N-dealkylation sites (tertiary alicyclic amines) is 1. The lowest BCUT2D eigenvalue weighted by Crippen LogP contribution is -2.38. The van der Waals surface area contributed by atoms with Crippen LogP contribution in [0.2, 0.25) is 0 Å². The summed E-state index contributed by atoms with van der Waals surface area (Å²) in [7, 11) is 4.19. The fraction of sp³-hybridized carbons (Fsp3) is 0.900. The first kappa shape index (κ1) is 10.7. The molecule has 1 rings (SSSR count). The monoisotopic (exact) mass is 184 g/mol. The molecule has 0 amide bonds. The van der Waals surface area contributed by atoms with Gasteiger partial charge in [-0.2, -0.15) is 0 Å². The van der Waals surface area contributed by atoms with Crippen molar-refractivity contribution >= 4 is 6.29 Å². The van der Waals surface area contributed by atoms with Gasteiger partial charge in [0.15, 0.2) is 0 Å². The van der Waals surface area contributed by atoms with Crippen molar-refractivity contribution in [1.29, 1.82) is 0 Å². The first-order chi connectivity index (χ1) is 6.22. The zero-order valence-corrected chi connectivity index (χ0v) is 8.70. The van der Waals surface area contributed by atoms with E-state index in [0.717, 1.165) is 45.3 Å². The number of carbonyl (C=O) groups excluding carboxylic acids is 1. The lowest BCUT2D eigenvalue weighted by atomic mass is 9.99. The van der Waals surface area contributed by atoms with E-state index in [9.17, 15) is 4.79 Å². The quantitative estimate of drug-likeness (QED) is 0.593. The van der Waals surface area contributed by atoms with Crippen molar-refractivity contribution in [3.63, 3.8) is 0 Å². The summed E-state index contributed by atoms with van der Waals surface area (Å²) in [6.07, 6.45) is 3.22. The molecule has 0 aromatic carbocycles. The Labute approximate surface area is 80.7 Å². The maximum absolute atomic E-state index is 10.5. The van der Waals surface area contributed by atoms with Crippen LogP contribution in [0, 0.1) is 5.92 Å². The van der Waals surface area contributed by atoms with Gasteiger partial charge in [0.25, 0.3) is 0 Å². The minimum Gasteiger partial charge on any atom is -0.308 e. The van der Waals surface area contributed by atoms with Crippen molar-refractivity contribution in [3.05, 3.63) is 0 Å². The molecule has 0 bridgehead atoms. The standard InChI is InChI=1S/C10H20N2O/c1-11(2)7-8-12-5-3-10(9-13)4-6-12/h9-10H,3-8H2,1-2H3. The number of piperidine rings is 1. The molecule has 0 unspecified atom stereocenters. The highest BCUT2D eigenvalue weighted by Crippen LogP contribution is 2.14. The molecule has 0 aromatic heterocycles. The van der Waals surface area contributed by atoms with E-state index in [1.165, 1.54) is 0 Å². The summed E-state index contributed by atoms with van der Waals surface area (Å²) in [6.45, 7) is 4.44. The predicted octanol–water partition coefficient (Wildman–Crippen LogP) is 0.459. The average Bonchev–Trinajstić information content (AvgIpc) is 2.15. The molecule has 0 aromatic rings. The molecule has 1 heterocycles. The van der Waals surface area contributed by atoms with Crippen LogP contribution in [0.15, 0.2) is 0 Å². The Kier molecular flexibility index (Phi) is 4.39. The number of aldehydes is 1. The lowest BCUT2D eigenvalue weighted by molar-refractivity contribution is -0.112. The molecule has 0 aliphatic carbocycles. The van der Waals surface area contributed by atoms with Crippen LogP contribution in [-0.2, 0) is 4.79 Å². The Hall–Kier alpha value is -0.410. The maximum atomic E-state index is 10.5. The summed E-state index contributed by atoms with van der Waals surface area (Å²) in [5.74, 6) is 0.329. The predicted molar refractivity (Wildman–Crippen MR) is 53.8 cm³/mol. The Bertz CT molecular complexity index is 151. The minimum absolute atomic E-state index is 0.329. The van der Waals surface area contributed by atoms with E-state index in [1.807, 2.05) is 0 Å². The van der Waals surface area contributed by atoms with E-state index in [-0.39, 0.29) is 0 Å². The van der Waals surface area contributed by atoms with Gasteiger partial charge in [-0.1, -0.05) is 0 Å². The summed E-state index contributed by atoms with van der Waals surface area (Å²) in [4.78, 5) is 15.2. The Morgan fingerprint density at radius 2 is 2.00 bits per heavy atom. The van der Waals surface area contributed by atoms with Crippen molar-refractivity contribution in [2.45, 2.75) is 12.8 Å². The minimum atomic E-state index is 0.329. The molecule has 13 heavy (non-hydrogen) atoms. The second kappa shape index (κ2) is 5.35. The van der Waals surface area contributed by atoms with Gasteiger partial charge in [0, 0.05) is 19.0 Å². The van der Waals surface area contributed by atoms with Crippen LogP contribution in [0.4, 0.5) is 0 Å². The largest absolute Gasteiger partial charge is 0.308 e. The zero-order chi connectivity index (χ0) is 9.68. The van der Waals surface area contributed by atoms with E-state index in [2.05, 4.69) is 23.9 Å². The highest BCUT2D eigenvalue weighted by atomic mass is 16.1. The Morgan fingerprint density at radius 3 is 2.46 bits per heavy atom. The van der Waals surface area contributed by atoms with Gasteiger partial charge in [0.2, 0.25) is 0 Å². The van der Waals surface area contributed by atoms with Gasteiger partial charge in [0.1, 0.15) is 6.29 Å². The van der Waals surface area contributed by atoms with Gasteiger partial charge in [-0.25, -0.2) is 0 Å². The molecule has 3 heteroatoms. The summed E-state index contributed by atoms with van der Waals surface area (Å²) in [5.41, 5.74) is 0. The smallest absolute Gasteiger partial charge is 0.123 e. The van der Waals surface area contributed by atoms with Crippen molar-refractivity contribution in [1.82, 2.24) is 9.80 Å². The zero-order valence-electron chi connectivity index (χ0n) is 8.70. The number of hydrogen-bond donors (Lipinski definition) is 0. The van der Waals surface area contributed by atoms with Crippen LogP contribution in [-0.4, -0.2) is 56.4 Å². The third kappa shape index (κ3) is 3.87. The average molecular weight is 184 g/mol. The van der Waals surface area contributed by atoms with Crippen molar-refractivity contribution in [2.75, 3.05) is 40.3 Å². The topological polar surface area (TPSA) is 23.6 Å². The summed E-state index contributed by atoms with van der Waals surface area (Å²) in [6, 6.07) is 0. The van der Waals surface area contributed by atoms with Crippen LogP contribution < -0.4 is 0 Å². The summed E-state index contributed by atoms with van der Waals surface area (Å²) in [5, 5.41) is 0. The third-order valence-electron chi connectivity index (χ3n) is 2.69. The molecule has 0 saturated carbocycles. The highest BCUT2D eigenvalue weighted by Gasteiger charge is 2.17. The number of nitrogens with zero attached hydrogens (tertiary/aromatic N) is 2. The molecule has 0 atom stereocenters. The molecule has 0 N–H and O–H groups in total. The lowest BCUT2D eigenvalue weighted by Gasteiger charge is -2.30. The molecule has 1 aliphatic heterocycles. The second-order valence-corrected chi connectivity index (χ2v) is 4.12. The van der Waals surface area contributed by atoms with Crippen LogP contribution in [0.5, 0.6) is 0 Å². The van der Waals surface area contributed by atoms with Gasteiger partial charge in [-0.3, -0.25) is 0 Å². The molecular weight excluding hydrogens is 164 g/mol. The Morgan fingerprint density at radius 1 is 1.38 bits per heavy atom. The van der Waals surface area contributed by atoms with E-state index in [0.29, 0.717) is 5.92 Å². The molecule has 1 saturated heterocycles. The van der Waals surface area contributed by atoms with Gasteiger partial charge in [-0.15, -0.1) is 0 Å². The first-order valence-corrected chi connectivity index (χ1v) is 5.04. The van der Waals surface area contributed by atoms with Crippen molar-refractivity contribution in [2.24, 2.45) is 5.92 Å².